The summed E-state index contributed by atoms with van der Waals surface area (Å²) in [5, 5.41) is 17.1. The molecule has 0 spiro atoms. The van der Waals surface area contributed by atoms with E-state index in [1.165, 1.54) is 0 Å². The van der Waals surface area contributed by atoms with E-state index in [0.29, 0.717) is 6.61 Å². The number of halogens is 1. The van der Waals surface area contributed by atoms with Crippen LogP contribution in [0.5, 0.6) is 5.75 Å². The Kier molecular flexibility index (Phi) is 4.28. The van der Waals surface area contributed by atoms with Gasteiger partial charge in [-0.1, -0.05) is 22.0 Å². The largest absolute Gasteiger partial charge is 0.494 e. The van der Waals surface area contributed by atoms with E-state index >= 15 is 0 Å². The summed E-state index contributed by atoms with van der Waals surface area (Å²) < 4.78 is 6.19. The Morgan fingerprint density at radius 1 is 1.38 bits per heavy atom. The van der Waals surface area contributed by atoms with E-state index in [0.717, 1.165) is 10.2 Å². The highest BCUT2D eigenvalue weighted by molar-refractivity contribution is 9.10. The van der Waals surface area contributed by atoms with Gasteiger partial charge in [-0.25, -0.2) is 0 Å². The van der Waals surface area contributed by atoms with Crippen molar-refractivity contribution >= 4 is 23.0 Å². The van der Waals surface area contributed by atoms with Crippen LogP contribution in [0.2, 0.25) is 6.32 Å². The third kappa shape index (κ3) is 4.31. The fraction of sp³-hybridized carbons (Fsp3) is 0.250. The molecule has 5 heteroatoms. The molecule has 70 valence electrons. The van der Waals surface area contributed by atoms with E-state index in [4.69, 9.17) is 14.8 Å². The van der Waals surface area contributed by atoms with Gasteiger partial charge in [0, 0.05) is 10.8 Å². The topological polar surface area (TPSA) is 49.7 Å². The summed E-state index contributed by atoms with van der Waals surface area (Å²) >= 11 is 3.30. The average Bonchev–Trinajstić information content (AvgIpc) is 2.03. The predicted molar refractivity (Wildman–Crippen MR) is 54.6 cm³/mol. The van der Waals surface area contributed by atoms with Crippen molar-refractivity contribution in [1.82, 2.24) is 0 Å². The van der Waals surface area contributed by atoms with Gasteiger partial charge in [0.15, 0.2) is 0 Å². The van der Waals surface area contributed by atoms with Crippen molar-refractivity contribution in [3.05, 3.63) is 28.7 Å². The van der Waals surface area contributed by atoms with Crippen LogP contribution in [0.1, 0.15) is 0 Å². The summed E-state index contributed by atoms with van der Waals surface area (Å²) in [6, 6.07) is 7.39. The van der Waals surface area contributed by atoms with E-state index in [-0.39, 0.29) is 6.32 Å². The molecule has 1 aromatic carbocycles. The molecular weight excluding hydrogens is 235 g/mol. The fourth-order valence-electron chi connectivity index (χ4n) is 0.839. The summed E-state index contributed by atoms with van der Waals surface area (Å²) in [5.41, 5.74) is 0. The molecule has 0 aromatic heterocycles. The van der Waals surface area contributed by atoms with Gasteiger partial charge in [0.2, 0.25) is 0 Å². The first kappa shape index (κ1) is 10.6. The number of rotatable bonds is 4. The maximum absolute atomic E-state index is 8.55. The molecule has 0 radical (unpaired) electrons. The maximum Gasteiger partial charge on any atom is 0.454 e. The zero-order valence-electron chi connectivity index (χ0n) is 6.98. The first-order valence-corrected chi connectivity index (χ1v) is 4.72. The SMILES string of the molecule is OB(O)CCOc1cccc(Br)c1. The monoisotopic (exact) mass is 244 g/mol. The van der Waals surface area contributed by atoms with E-state index in [1.54, 1.807) is 0 Å². The van der Waals surface area contributed by atoms with E-state index < -0.39 is 7.12 Å². The summed E-state index contributed by atoms with van der Waals surface area (Å²) in [7, 11) is -1.30. The van der Waals surface area contributed by atoms with Crippen molar-refractivity contribution in [2.75, 3.05) is 6.61 Å². The molecule has 2 N–H and O–H groups in total. The predicted octanol–water partition coefficient (Wildman–Crippen LogP) is 1.30. The van der Waals surface area contributed by atoms with Crippen LogP contribution in [0.15, 0.2) is 28.7 Å². The van der Waals surface area contributed by atoms with E-state index in [1.807, 2.05) is 24.3 Å². The van der Waals surface area contributed by atoms with Crippen molar-refractivity contribution in [1.29, 1.82) is 0 Å². The Hall–Kier alpha value is -0.515. The van der Waals surface area contributed by atoms with Gasteiger partial charge >= 0.3 is 7.12 Å². The maximum atomic E-state index is 8.55. The quantitative estimate of drug-likeness (QED) is 0.786. The Labute approximate surface area is 85.6 Å². The molecule has 0 saturated carbocycles. The first-order chi connectivity index (χ1) is 6.18. The molecule has 0 aliphatic carbocycles. The lowest BCUT2D eigenvalue weighted by molar-refractivity contribution is 0.316. The Balaban J connectivity index is 2.37. The van der Waals surface area contributed by atoms with Gasteiger partial charge < -0.3 is 14.8 Å². The minimum atomic E-state index is -1.30. The molecule has 1 rings (SSSR count). The molecule has 0 unspecified atom stereocenters. The van der Waals surface area contributed by atoms with Crippen LogP contribution in [-0.2, 0) is 0 Å². The molecule has 0 atom stereocenters. The molecule has 3 nitrogen and oxygen atoms in total. The molecule has 0 heterocycles. The molecule has 0 saturated heterocycles. The first-order valence-electron chi connectivity index (χ1n) is 3.93. The third-order valence-electron chi connectivity index (χ3n) is 1.44. The number of hydrogen-bond donors (Lipinski definition) is 2. The lowest BCUT2D eigenvalue weighted by atomic mass is 9.87. The molecule has 1 aromatic rings. The fourth-order valence-corrected chi connectivity index (χ4v) is 1.22. The second kappa shape index (κ2) is 5.27. The smallest absolute Gasteiger partial charge is 0.454 e. The summed E-state index contributed by atoms with van der Waals surface area (Å²) in [5.74, 6) is 0.718. The van der Waals surface area contributed by atoms with Gasteiger partial charge in [-0.3, -0.25) is 0 Å². The van der Waals surface area contributed by atoms with Crippen LogP contribution in [0.25, 0.3) is 0 Å². The van der Waals surface area contributed by atoms with Crippen molar-refractivity contribution in [3.63, 3.8) is 0 Å². The van der Waals surface area contributed by atoms with Crippen molar-refractivity contribution in [3.8, 4) is 5.75 Å². The zero-order chi connectivity index (χ0) is 9.68. The van der Waals surface area contributed by atoms with Crippen molar-refractivity contribution < 1.29 is 14.8 Å². The average molecular weight is 245 g/mol. The molecule has 0 amide bonds. The lowest BCUT2D eigenvalue weighted by Crippen LogP contribution is -2.14. The minimum absolute atomic E-state index is 0.215. The number of hydrogen-bond acceptors (Lipinski definition) is 3. The summed E-state index contributed by atoms with van der Waals surface area (Å²) in [4.78, 5) is 0. The van der Waals surface area contributed by atoms with Crippen molar-refractivity contribution in [2.24, 2.45) is 0 Å². The van der Waals surface area contributed by atoms with Crippen LogP contribution in [0.3, 0.4) is 0 Å². The van der Waals surface area contributed by atoms with Gasteiger partial charge in [0.1, 0.15) is 5.75 Å². The van der Waals surface area contributed by atoms with E-state index in [9.17, 15) is 0 Å². The van der Waals surface area contributed by atoms with Gasteiger partial charge in [-0.15, -0.1) is 0 Å². The summed E-state index contributed by atoms with van der Waals surface area (Å²) in [6.45, 7) is 0.300. The highest BCUT2D eigenvalue weighted by Gasteiger charge is 2.05. The number of ether oxygens (including phenoxy) is 1. The third-order valence-corrected chi connectivity index (χ3v) is 1.93. The number of benzene rings is 1. The van der Waals surface area contributed by atoms with Crippen LogP contribution in [-0.4, -0.2) is 23.8 Å². The van der Waals surface area contributed by atoms with Gasteiger partial charge in [-0.2, -0.15) is 0 Å². The highest BCUT2D eigenvalue weighted by Crippen LogP contribution is 2.17. The normalized spacial score (nSPS) is 9.77. The van der Waals surface area contributed by atoms with Crippen LogP contribution < -0.4 is 4.74 Å². The Bertz CT molecular complexity index is 267. The van der Waals surface area contributed by atoms with Crippen LogP contribution in [0.4, 0.5) is 0 Å². The molecule has 13 heavy (non-hydrogen) atoms. The lowest BCUT2D eigenvalue weighted by Gasteiger charge is -2.05. The molecule has 0 aliphatic heterocycles. The van der Waals surface area contributed by atoms with Crippen LogP contribution in [0, 0.1) is 0 Å². The molecule has 0 bridgehead atoms. The molecule has 0 aliphatic rings. The van der Waals surface area contributed by atoms with Gasteiger partial charge in [0.25, 0.3) is 0 Å². The molecular formula is C8H10BBrO3. The minimum Gasteiger partial charge on any atom is -0.494 e. The summed E-state index contributed by atoms with van der Waals surface area (Å²) in [6.07, 6.45) is 0.215. The zero-order valence-corrected chi connectivity index (χ0v) is 8.57. The molecule has 0 fully saturated rings. The van der Waals surface area contributed by atoms with E-state index in [2.05, 4.69) is 15.9 Å². The van der Waals surface area contributed by atoms with Crippen LogP contribution >= 0.6 is 15.9 Å². The van der Waals surface area contributed by atoms with Gasteiger partial charge in [-0.05, 0) is 18.2 Å². The second-order valence-electron chi connectivity index (χ2n) is 2.58. The Morgan fingerprint density at radius 2 is 2.15 bits per heavy atom. The second-order valence-corrected chi connectivity index (χ2v) is 3.49. The standard InChI is InChI=1S/C8H10BBrO3/c10-7-2-1-3-8(6-7)13-5-4-9(11)12/h1-3,6,11-12H,4-5H2. The van der Waals surface area contributed by atoms with Crippen molar-refractivity contribution in [2.45, 2.75) is 6.32 Å². The highest BCUT2D eigenvalue weighted by atomic mass is 79.9. The Morgan fingerprint density at radius 3 is 2.77 bits per heavy atom. The van der Waals surface area contributed by atoms with Gasteiger partial charge in [0.05, 0.1) is 6.61 Å².